The van der Waals surface area contributed by atoms with Crippen LogP contribution in [0.15, 0.2) is 11.6 Å². The Bertz CT molecular complexity index is 799. The predicted octanol–water partition coefficient (Wildman–Crippen LogP) is 4.02. The first kappa shape index (κ1) is 21.7. The molecule has 0 saturated heterocycles. The molecule has 5 heteroatoms. The van der Waals surface area contributed by atoms with E-state index in [2.05, 4.69) is 19.9 Å². The summed E-state index contributed by atoms with van der Waals surface area (Å²) in [5, 5.41) is 9.83. The number of ketones is 2. The Morgan fingerprint density at radius 1 is 1.27 bits per heavy atom. The van der Waals surface area contributed by atoms with Crippen molar-refractivity contribution in [2.45, 2.75) is 84.7 Å². The molecule has 0 radical (unpaired) electrons. The zero-order chi connectivity index (χ0) is 21.9. The molecule has 3 fully saturated rings. The van der Waals surface area contributed by atoms with E-state index in [1.165, 1.54) is 5.57 Å². The maximum absolute atomic E-state index is 13.2. The van der Waals surface area contributed by atoms with Gasteiger partial charge in [0.1, 0.15) is 12.4 Å². The highest BCUT2D eigenvalue weighted by Crippen LogP contribution is 2.68. The fraction of sp³-hybridized carbons (Fsp3) is 0.800. The average molecular weight is 417 g/mol. The summed E-state index contributed by atoms with van der Waals surface area (Å²) in [4.78, 5) is 37.7. The number of carbonyl (C=O) groups is 3. The summed E-state index contributed by atoms with van der Waals surface area (Å²) >= 11 is 0. The second kappa shape index (κ2) is 7.29. The van der Waals surface area contributed by atoms with Gasteiger partial charge in [-0.25, -0.2) is 0 Å². The summed E-state index contributed by atoms with van der Waals surface area (Å²) in [6.07, 6.45) is 8.37. The molecule has 4 rings (SSSR count). The van der Waals surface area contributed by atoms with Gasteiger partial charge < -0.3 is 9.84 Å². The summed E-state index contributed by atoms with van der Waals surface area (Å²) in [5.41, 5.74) is -0.232. The van der Waals surface area contributed by atoms with Crippen LogP contribution in [0.4, 0.5) is 0 Å². The van der Waals surface area contributed by atoms with Crippen molar-refractivity contribution in [3.63, 3.8) is 0 Å². The normalized spacial score (nSPS) is 45.1. The number of hydrogen-bond donors (Lipinski definition) is 1. The van der Waals surface area contributed by atoms with E-state index in [0.29, 0.717) is 36.9 Å². The Morgan fingerprint density at radius 2 is 2.00 bits per heavy atom. The summed E-state index contributed by atoms with van der Waals surface area (Å²) in [5.74, 6) is 0.548. The van der Waals surface area contributed by atoms with Gasteiger partial charge in [-0.2, -0.15) is 0 Å². The van der Waals surface area contributed by atoms with Gasteiger partial charge in [0, 0.05) is 30.6 Å². The van der Waals surface area contributed by atoms with E-state index in [9.17, 15) is 19.5 Å². The number of aliphatic hydroxyl groups is 1. The van der Waals surface area contributed by atoms with E-state index in [1.807, 2.05) is 6.92 Å². The fourth-order valence-electron chi connectivity index (χ4n) is 7.88. The largest absolute Gasteiger partial charge is 0.450 e. The first-order valence-electron chi connectivity index (χ1n) is 11.7. The average Bonchev–Trinajstić information content (AvgIpc) is 2.95. The molecule has 0 heterocycles. The Balaban J connectivity index is 1.77. The van der Waals surface area contributed by atoms with Crippen LogP contribution in [0.2, 0.25) is 0 Å². The lowest BCUT2D eigenvalue weighted by Gasteiger charge is -2.57. The van der Waals surface area contributed by atoms with Gasteiger partial charge in [0.05, 0.1) is 0 Å². The van der Waals surface area contributed by atoms with Crippen LogP contribution in [0.3, 0.4) is 0 Å². The first-order chi connectivity index (χ1) is 14.1. The zero-order valence-electron chi connectivity index (χ0n) is 18.8. The molecule has 0 aromatic carbocycles. The number of rotatable bonds is 4. The van der Waals surface area contributed by atoms with E-state index in [4.69, 9.17) is 4.74 Å². The SMILES string of the molecule is CCC(=O)O[C@]1(C(=O)CO)[C@H](C)C[C@H]2[C@@H]3CC[C@@H]4CC(=O)CC[C@]4(C)C3=CC[C@@]21C. The molecule has 7 atom stereocenters. The molecule has 0 spiro atoms. The molecule has 0 aromatic rings. The first-order valence-corrected chi connectivity index (χ1v) is 11.7. The van der Waals surface area contributed by atoms with Crippen LogP contribution in [0, 0.1) is 34.5 Å². The van der Waals surface area contributed by atoms with Crippen molar-refractivity contribution in [2.24, 2.45) is 34.5 Å². The van der Waals surface area contributed by atoms with Gasteiger partial charge in [0.15, 0.2) is 5.60 Å². The number of esters is 1. The fourth-order valence-corrected chi connectivity index (χ4v) is 7.88. The molecule has 0 unspecified atom stereocenters. The maximum Gasteiger partial charge on any atom is 0.306 e. The lowest BCUT2D eigenvalue weighted by atomic mass is 9.48. The number of fused-ring (bicyclic) bond motifs is 5. The molecular weight excluding hydrogens is 380 g/mol. The highest BCUT2D eigenvalue weighted by Gasteiger charge is 2.70. The minimum atomic E-state index is -1.26. The topological polar surface area (TPSA) is 80.7 Å². The van der Waals surface area contributed by atoms with Crippen LogP contribution in [-0.2, 0) is 19.1 Å². The molecule has 4 aliphatic rings. The monoisotopic (exact) mass is 416 g/mol. The number of Topliss-reactive ketones (excluding diaryl/α,β-unsaturated/α-hetero) is 2. The van der Waals surface area contributed by atoms with Crippen molar-refractivity contribution in [2.75, 3.05) is 6.61 Å². The van der Waals surface area contributed by atoms with E-state index in [-0.39, 0.29) is 35.4 Å². The van der Waals surface area contributed by atoms with Crippen LogP contribution in [0.1, 0.15) is 79.1 Å². The second-order valence-corrected chi connectivity index (χ2v) is 10.7. The van der Waals surface area contributed by atoms with Crippen LogP contribution in [0.5, 0.6) is 0 Å². The minimum Gasteiger partial charge on any atom is -0.450 e. The van der Waals surface area contributed by atoms with Gasteiger partial charge >= 0.3 is 5.97 Å². The summed E-state index contributed by atoms with van der Waals surface area (Å²) < 4.78 is 5.99. The van der Waals surface area contributed by atoms with Crippen molar-refractivity contribution in [1.82, 2.24) is 0 Å². The number of carbonyl (C=O) groups excluding carboxylic acids is 3. The third-order valence-electron chi connectivity index (χ3n) is 9.50. The summed E-state index contributed by atoms with van der Waals surface area (Å²) in [6, 6.07) is 0. The van der Waals surface area contributed by atoms with E-state index < -0.39 is 17.6 Å². The molecule has 0 aromatic heterocycles. The smallest absolute Gasteiger partial charge is 0.306 e. The third-order valence-corrected chi connectivity index (χ3v) is 9.50. The highest BCUT2D eigenvalue weighted by atomic mass is 16.6. The zero-order valence-corrected chi connectivity index (χ0v) is 18.8. The quantitative estimate of drug-likeness (QED) is 0.553. The number of aliphatic hydroxyl groups excluding tert-OH is 1. The van der Waals surface area contributed by atoms with E-state index >= 15 is 0 Å². The lowest BCUT2D eigenvalue weighted by molar-refractivity contribution is -0.190. The maximum atomic E-state index is 13.2. The Morgan fingerprint density at radius 3 is 2.67 bits per heavy atom. The van der Waals surface area contributed by atoms with Crippen LogP contribution >= 0.6 is 0 Å². The van der Waals surface area contributed by atoms with Gasteiger partial charge in [-0.1, -0.05) is 39.3 Å². The molecule has 4 aliphatic carbocycles. The van der Waals surface area contributed by atoms with Gasteiger partial charge in [0.2, 0.25) is 5.78 Å². The summed E-state index contributed by atoms with van der Waals surface area (Å²) in [7, 11) is 0. The van der Waals surface area contributed by atoms with Gasteiger partial charge in [-0.3, -0.25) is 14.4 Å². The molecule has 166 valence electrons. The predicted molar refractivity (Wildman–Crippen MR) is 112 cm³/mol. The van der Waals surface area contributed by atoms with Gasteiger partial charge in [-0.05, 0) is 55.3 Å². The van der Waals surface area contributed by atoms with Gasteiger partial charge in [0.25, 0.3) is 0 Å². The van der Waals surface area contributed by atoms with Crippen LogP contribution in [-0.4, -0.2) is 34.9 Å². The molecule has 1 N–H and O–H groups in total. The minimum absolute atomic E-state index is 0.0632. The van der Waals surface area contributed by atoms with Crippen LogP contribution in [0.25, 0.3) is 0 Å². The van der Waals surface area contributed by atoms with Crippen molar-refractivity contribution in [3.05, 3.63) is 11.6 Å². The second-order valence-electron chi connectivity index (χ2n) is 10.7. The molecule has 0 aliphatic heterocycles. The Kier molecular flexibility index (Phi) is 5.28. The Labute approximate surface area is 179 Å². The molecule has 0 bridgehead atoms. The van der Waals surface area contributed by atoms with E-state index in [1.54, 1.807) is 6.92 Å². The molecule has 30 heavy (non-hydrogen) atoms. The van der Waals surface area contributed by atoms with Crippen molar-refractivity contribution in [3.8, 4) is 0 Å². The standard InChI is InChI=1S/C25H36O5/c1-5-22(29)30-25(21(28)14-26)15(2)12-20-18-7-6-16-13-17(27)8-10-23(16,3)19(18)9-11-24(20,25)4/h9,15-16,18,20,26H,5-8,10-14H2,1-4H3/t15-,16-,18-,20+,23+,24+,25+/m1/s1. The molecule has 0 amide bonds. The summed E-state index contributed by atoms with van der Waals surface area (Å²) in [6.45, 7) is 7.58. The van der Waals surface area contributed by atoms with Crippen LogP contribution < -0.4 is 0 Å². The molecule has 3 saturated carbocycles. The van der Waals surface area contributed by atoms with Gasteiger partial charge in [-0.15, -0.1) is 0 Å². The van der Waals surface area contributed by atoms with Crippen molar-refractivity contribution in [1.29, 1.82) is 0 Å². The van der Waals surface area contributed by atoms with Crippen molar-refractivity contribution >= 4 is 17.5 Å². The molecule has 5 nitrogen and oxygen atoms in total. The molecular formula is C25H36O5. The number of hydrogen-bond acceptors (Lipinski definition) is 5. The number of allylic oxidation sites excluding steroid dienone is 2. The number of ether oxygens (including phenoxy) is 1. The lowest BCUT2D eigenvalue weighted by Crippen LogP contribution is -2.60. The Hall–Kier alpha value is -1.49. The third kappa shape index (κ3) is 2.73. The highest BCUT2D eigenvalue weighted by molar-refractivity contribution is 5.92. The van der Waals surface area contributed by atoms with Crippen molar-refractivity contribution < 1.29 is 24.2 Å². The van der Waals surface area contributed by atoms with E-state index in [0.717, 1.165) is 25.7 Å².